The second-order valence-electron chi connectivity index (χ2n) is 6.06. The number of methoxy groups -OCH3 is 1. The first-order valence-corrected chi connectivity index (χ1v) is 9.27. The SMILES string of the molecule is CCNC(=NCCCN1CCOCC1)NCCc1ccccc1OC.I. The number of guanidine groups is 1. The summed E-state index contributed by atoms with van der Waals surface area (Å²) in [5.41, 5.74) is 1.21. The highest BCUT2D eigenvalue weighted by atomic mass is 127. The quantitative estimate of drug-likeness (QED) is 0.248. The van der Waals surface area contributed by atoms with Crippen molar-refractivity contribution in [3.63, 3.8) is 0 Å². The van der Waals surface area contributed by atoms with Crippen molar-refractivity contribution in [1.29, 1.82) is 0 Å². The predicted molar refractivity (Wildman–Crippen MR) is 118 cm³/mol. The zero-order valence-electron chi connectivity index (χ0n) is 16.0. The summed E-state index contributed by atoms with van der Waals surface area (Å²) in [5, 5.41) is 6.72. The molecule has 0 bridgehead atoms. The molecule has 1 aliphatic heterocycles. The molecule has 1 aliphatic rings. The van der Waals surface area contributed by atoms with E-state index in [0.29, 0.717) is 0 Å². The molecule has 0 saturated carbocycles. The lowest BCUT2D eigenvalue weighted by Crippen LogP contribution is -2.39. The number of benzene rings is 1. The summed E-state index contributed by atoms with van der Waals surface area (Å²) in [4.78, 5) is 7.12. The smallest absolute Gasteiger partial charge is 0.191 e. The zero-order chi connectivity index (χ0) is 17.7. The summed E-state index contributed by atoms with van der Waals surface area (Å²) in [7, 11) is 1.71. The summed E-state index contributed by atoms with van der Waals surface area (Å²) >= 11 is 0. The van der Waals surface area contributed by atoms with Crippen LogP contribution in [0, 0.1) is 0 Å². The lowest BCUT2D eigenvalue weighted by molar-refractivity contribution is 0.0377. The van der Waals surface area contributed by atoms with E-state index in [0.717, 1.165) is 77.0 Å². The molecule has 0 amide bonds. The second-order valence-corrected chi connectivity index (χ2v) is 6.06. The first kappa shape index (κ1) is 23.0. The van der Waals surface area contributed by atoms with Crippen molar-refractivity contribution in [1.82, 2.24) is 15.5 Å². The van der Waals surface area contributed by atoms with Crippen LogP contribution < -0.4 is 15.4 Å². The van der Waals surface area contributed by atoms with Gasteiger partial charge in [-0.2, -0.15) is 0 Å². The van der Waals surface area contributed by atoms with Crippen molar-refractivity contribution in [2.75, 3.05) is 59.6 Å². The number of hydrogen-bond acceptors (Lipinski definition) is 4. The van der Waals surface area contributed by atoms with Gasteiger partial charge < -0.3 is 20.1 Å². The molecule has 1 saturated heterocycles. The maximum absolute atomic E-state index is 5.40. The summed E-state index contributed by atoms with van der Waals surface area (Å²) in [6.07, 6.45) is 1.98. The fourth-order valence-electron chi connectivity index (χ4n) is 2.88. The topological polar surface area (TPSA) is 58.1 Å². The molecule has 1 aromatic rings. The van der Waals surface area contributed by atoms with Gasteiger partial charge in [0.05, 0.1) is 20.3 Å². The first-order chi connectivity index (χ1) is 12.3. The molecule has 2 N–H and O–H groups in total. The Morgan fingerprint density at radius 2 is 2.00 bits per heavy atom. The molecule has 1 heterocycles. The van der Waals surface area contributed by atoms with Crippen LogP contribution in [-0.2, 0) is 11.2 Å². The van der Waals surface area contributed by atoms with E-state index in [1.54, 1.807) is 7.11 Å². The molecular formula is C19H33IN4O2. The number of morpholine rings is 1. The summed E-state index contributed by atoms with van der Waals surface area (Å²) in [6.45, 7) is 9.51. The lowest BCUT2D eigenvalue weighted by Gasteiger charge is -2.26. The highest BCUT2D eigenvalue weighted by molar-refractivity contribution is 14.0. The maximum atomic E-state index is 5.40. The lowest BCUT2D eigenvalue weighted by atomic mass is 10.1. The molecule has 0 atom stereocenters. The Kier molecular flexibility index (Phi) is 12.4. The molecule has 1 aromatic carbocycles. The molecule has 26 heavy (non-hydrogen) atoms. The van der Waals surface area contributed by atoms with Gasteiger partial charge in [-0.05, 0) is 31.4 Å². The summed E-state index contributed by atoms with van der Waals surface area (Å²) in [6, 6.07) is 8.14. The van der Waals surface area contributed by atoms with E-state index < -0.39 is 0 Å². The van der Waals surface area contributed by atoms with E-state index in [4.69, 9.17) is 9.47 Å². The van der Waals surface area contributed by atoms with Gasteiger partial charge in [0.2, 0.25) is 0 Å². The van der Waals surface area contributed by atoms with Gasteiger partial charge in [0.1, 0.15) is 5.75 Å². The largest absolute Gasteiger partial charge is 0.496 e. The Morgan fingerprint density at radius 1 is 1.23 bits per heavy atom. The van der Waals surface area contributed by atoms with Gasteiger partial charge in [0, 0.05) is 39.3 Å². The van der Waals surface area contributed by atoms with Gasteiger partial charge in [-0.3, -0.25) is 9.89 Å². The van der Waals surface area contributed by atoms with Gasteiger partial charge in [-0.25, -0.2) is 0 Å². The van der Waals surface area contributed by atoms with Crippen molar-refractivity contribution in [2.24, 2.45) is 4.99 Å². The number of aliphatic imine (C=N–C) groups is 1. The van der Waals surface area contributed by atoms with Gasteiger partial charge in [0.25, 0.3) is 0 Å². The number of halogens is 1. The van der Waals surface area contributed by atoms with Crippen molar-refractivity contribution >= 4 is 29.9 Å². The normalized spacial score (nSPS) is 15.2. The van der Waals surface area contributed by atoms with E-state index in [2.05, 4.69) is 33.5 Å². The fraction of sp³-hybridized carbons (Fsp3) is 0.632. The van der Waals surface area contributed by atoms with Crippen LogP contribution >= 0.6 is 24.0 Å². The molecule has 0 spiro atoms. The molecule has 7 heteroatoms. The van der Waals surface area contributed by atoms with Crippen LogP contribution in [0.25, 0.3) is 0 Å². The molecule has 6 nitrogen and oxygen atoms in total. The summed E-state index contributed by atoms with van der Waals surface area (Å²) < 4.78 is 10.8. The molecule has 0 aromatic heterocycles. The Balaban J connectivity index is 0.00000338. The standard InChI is InChI=1S/C19H32N4O2.HI/c1-3-20-19(21-10-6-12-23-13-15-25-16-14-23)22-11-9-17-7-4-5-8-18(17)24-2;/h4-5,7-8H,3,6,9-16H2,1-2H3,(H2,20,21,22);1H. The second kappa shape index (κ2) is 14.1. The molecule has 0 aliphatic carbocycles. The maximum Gasteiger partial charge on any atom is 0.191 e. The van der Waals surface area contributed by atoms with Crippen molar-refractivity contribution in [3.05, 3.63) is 29.8 Å². The van der Waals surface area contributed by atoms with Crippen molar-refractivity contribution in [2.45, 2.75) is 19.8 Å². The fourth-order valence-corrected chi connectivity index (χ4v) is 2.88. The highest BCUT2D eigenvalue weighted by Gasteiger charge is 2.09. The minimum atomic E-state index is 0. The molecule has 2 rings (SSSR count). The minimum absolute atomic E-state index is 0. The highest BCUT2D eigenvalue weighted by Crippen LogP contribution is 2.17. The van der Waals surface area contributed by atoms with Crippen molar-refractivity contribution in [3.8, 4) is 5.75 Å². The summed E-state index contributed by atoms with van der Waals surface area (Å²) in [5.74, 6) is 1.83. The number of para-hydroxylation sites is 1. The van der Waals surface area contributed by atoms with Crippen molar-refractivity contribution < 1.29 is 9.47 Å². The minimum Gasteiger partial charge on any atom is -0.496 e. The van der Waals surface area contributed by atoms with Gasteiger partial charge in [-0.1, -0.05) is 18.2 Å². The van der Waals surface area contributed by atoms with Crippen LogP contribution in [0.15, 0.2) is 29.3 Å². The Bertz CT molecular complexity index is 522. The Hall–Kier alpha value is -1.06. The van der Waals surface area contributed by atoms with Gasteiger partial charge >= 0.3 is 0 Å². The number of nitrogens with one attached hydrogen (secondary N) is 2. The molecule has 0 unspecified atom stereocenters. The number of nitrogens with zero attached hydrogens (tertiary/aromatic N) is 2. The molecule has 1 fully saturated rings. The average molecular weight is 476 g/mol. The predicted octanol–water partition coefficient (Wildman–Crippen LogP) is 2.13. The van der Waals surface area contributed by atoms with E-state index in [1.165, 1.54) is 5.56 Å². The molecular weight excluding hydrogens is 443 g/mol. The third-order valence-corrected chi connectivity index (χ3v) is 4.23. The van der Waals surface area contributed by atoms with Crippen LogP contribution in [0.1, 0.15) is 18.9 Å². The van der Waals surface area contributed by atoms with Crippen LogP contribution in [-0.4, -0.2) is 70.5 Å². The van der Waals surface area contributed by atoms with Gasteiger partial charge in [0.15, 0.2) is 5.96 Å². The van der Waals surface area contributed by atoms with E-state index in [-0.39, 0.29) is 24.0 Å². The number of ether oxygens (including phenoxy) is 2. The van der Waals surface area contributed by atoms with E-state index in [9.17, 15) is 0 Å². The van der Waals surface area contributed by atoms with Crippen LogP contribution in [0.5, 0.6) is 5.75 Å². The monoisotopic (exact) mass is 476 g/mol. The molecule has 148 valence electrons. The number of hydrogen-bond donors (Lipinski definition) is 2. The number of rotatable bonds is 9. The Morgan fingerprint density at radius 3 is 2.73 bits per heavy atom. The van der Waals surface area contributed by atoms with Gasteiger partial charge in [-0.15, -0.1) is 24.0 Å². The molecule has 0 radical (unpaired) electrons. The van der Waals surface area contributed by atoms with Crippen LogP contribution in [0.2, 0.25) is 0 Å². The van der Waals surface area contributed by atoms with E-state index >= 15 is 0 Å². The average Bonchev–Trinajstić information content (AvgIpc) is 2.66. The van der Waals surface area contributed by atoms with E-state index in [1.807, 2.05) is 18.2 Å². The third kappa shape index (κ3) is 8.55. The van der Waals surface area contributed by atoms with Crippen LogP contribution in [0.3, 0.4) is 0 Å². The van der Waals surface area contributed by atoms with Crippen LogP contribution in [0.4, 0.5) is 0 Å². The zero-order valence-corrected chi connectivity index (χ0v) is 18.3. The Labute approximate surface area is 174 Å². The first-order valence-electron chi connectivity index (χ1n) is 9.27. The third-order valence-electron chi connectivity index (χ3n) is 4.23.